The summed E-state index contributed by atoms with van der Waals surface area (Å²) in [6, 6.07) is 20.3. The maximum Gasteiger partial charge on any atom is 0.243 e. The fourth-order valence-corrected chi connectivity index (χ4v) is 6.03. The average Bonchev–Trinajstić information content (AvgIpc) is 2.91. The maximum atomic E-state index is 14.2. The molecule has 1 heterocycles. The van der Waals surface area contributed by atoms with Crippen LogP contribution in [-0.4, -0.2) is 69.9 Å². The van der Waals surface area contributed by atoms with Crippen molar-refractivity contribution >= 4 is 33.2 Å². The Balaban J connectivity index is 1.49. The van der Waals surface area contributed by atoms with Crippen molar-refractivity contribution in [3.05, 3.63) is 89.2 Å². The van der Waals surface area contributed by atoms with Crippen molar-refractivity contribution in [1.29, 1.82) is 0 Å². The highest BCUT2D eigenvalue weighted by Crippen LogP contribution is 2.29. The molecular weight excluding hydrogens is 517 g/mol. The largest absolute Gasteiger partial charge is 0.495 e. The Morgan fingerprint density at radius 2 is 1.68 bits per heavy atom. The van der Waals surface area contributed by atoms with Gasteiger partial charge < -0.3 is 14.5 Å². The van der Waals surface area contributed by atoms with Crippen LogP contribution in [0.4, 0.5) is 10.1 Å². The molecule has 0 radical (unpaired) electrons. The molecule has 1 amide bonds. The van der Waals surface area contributed by atoms with E-state index in [2.05, 4.69) is 0 Å². The number of methoxy groups -OCH3 is 1. The van der Waals surface area contributed by atoms with Crippen LogP contribution in [0.5, 0.6) is 5.75 Å². The lowest BCUT2D eigenvalue weighted by atomic mass is 10.1. The molecule has 3 aromatic carbocycles. The molecular formula is C27H29ClFN3O4S. The van der Waals surface area contributed by atoms with E-state index >= 15 is 0 Å². The van der Waals surface area contributed by atoms with E-state index in [0.717, 1.165) is 5.56 Å². The molecule has 0 unspecified atom stereocenters. The van der Waals surface area contributed by atoms with Crippen LogP contribution in [0.3, 0.4) is 0 Å². The SMILES string of the molecule is COc1ccc(S(=O)(=O)N(CCc2ccccc2)CC(=O)N2CCN(c3ccccc3F)CC2)cc1Cl. The van der Waals surface area contributed by atoms with E-state index in [0.29, 0.717) is 44.0 Å². The lowest BCUT2D eigenvalue weighted by Crippen LogP contribution is -2.52. The molecule has 0 spiro atoms. The Labute approximate surface area is 222 Å². The second-order valence-electron chi connectivity index (χ2n) is 8.69. The highest BCUT2D eigenvalue weighted by Gasteiger charge is 2.30. The van der Waals surface area contributed by atoms with Crippen molar-refractivity contribution in [2.24, 2.45) is 0 Å². The minimum Gasteiger partial charge on any atom is -0.495 e. The number of halogens is 2. The first-order chi connectivity index (χ1) is 17.8. The molecule has 0 atom stereocenters. The normalized spacial score (nSPS) is 14.2. The zero-order valence-electron chi connectivity index (χ0n) is 20.5. The van der Waals surface area contributed by atoms with E-state index in [-0.39, 0.29) is 34.7 Å². The summed E-state index contributed by atoms with van der Waals surface area (Å²) in [7, 11) is -2.58. The van der Waals surface area contributed by atoms with Gasteiger partial charge in [0.25, 0.3) is 0 Å². The Kier molecular flexibility index (Phi) is 8.68. The molecule has 1 saturated heterocycles. The Morgan fingerprint density at radius 3 is 2.32 bits per heavy atom. The number of nitrogens with zero attached hydrogens (tertiary/aromatic N) is 3. The Hall–Kier alpha value is -3.14. The van der Waals surface area contributed by atoms with Gasteiger partial charge in [0, 0.05) is 32.7 Å². The van der Waals surface area contributed by atoms with Crippen molar-refractivity contribution in [3.8, 4) is 5.75 Å². The molecule has 1 aliphatic heterocycles. The first kappa shape index (κ1) is 26.9. The highest BCUT2D eigenvalue weighted by molar-refractivity contribution is 7.89. The zero-order valence-corrected chi connectivity index (χ0v) is 22.1. The lowest BCUT2D eigenvalue weighted by Gasteiger charge is -2.37. The number of piperazine rings is 1. The van der Waals surface area contributed by atoms with E-state index in [1.54, 1.807) is 23.1 Å². The first-order valence-electron chi connectivity index (χ1n) is 11.9. The van der Waals surface area contributed by atoms with Crippen LogP contribution in [0, 0.1) is 5.82 Å². The summed E-state index contributed by atoms with van der Waals surface area (Å²) in [5, 5.41) is 0.169. The molecule has 1 aliphatic rings. The van der Waals surface area contributed by atoms with Crippen LogP contribution in [0.1, 0.15) is 5.56 Å². The Bertz CT molecular complexity index is 1330. The van der Waals surface area contributed by atoms with Gasteiger partial charge in [-0.2, -0.15) is 4.31 Å². The zero-order chi connectivity index (χ0) is 26.4. The fourth-order valence-electron chi connectivity index (χ4n) is 4.30. The molecule has 0 bridgehead atoms. The third kappa shape index (κ3) is 6.41. The standard InChI is InChI=1S/C27H29ClFN3O4S/c1-36-26-12-11-22(19-23(26)28)37(34,35)32(14-13-21-7-3-2-4-8-21)20-27(33)31-17-15-30(16-18-31)25-10-6-5-9-24(25)29/h2-12,19H,13-18,20H2,1H3. The van der Waals surface area contributed by atoms with Crippen LogP contribution in [0.2, 0.25) is 5.02 Å². The minimum absolute atomic E-state index is 0.0106. The van der Waals surface area contributed by atoms with Gasteiger partial charge in [0.05, 0.1) is 29.3 Å². The number of benzene rings is 3. The van der Waals surface area contributed by atoms with Crippen LogP contribution in [0.15, 0.2) is 77.7 Å². The van der Waals surface area contributed by atoms with Gasteiger partial charge >= 0.3 is 0 Å². The second kappa shape index (κ2) is 11.9. The summed E-state index contributed by atoms with van der Waals surface area (Å²) in [4.78, 5) is 16.8. The van der Waals surface area contributed by atoms with Gasteiger partial charge in [-0.25, -0.2) is 12.8 Å². The number of rotatable bonds is 9. The average molecular weight is 546 g/mol. The van der Waals surface area contributed by atoms with Crippen LogP contribution >= 0.6 is 11.6 Å². The topological polar surface area (TPSA) is 70.2 Å². The molecule has 1 fully saturated rings. The smallest absolute Gasteiger partial charge is 0.243 e. The quantitative estimate of drug-likeness (QED) is 0.405. The number of anilines is 1. The number of amides is 1. The van der Waals surface area contributed by atoms with Gasteiger partial charge in [-0.05, 0) is 42.3 Å². The summed E-state index contributed by atoms with van der Waals surface area (Å²) in [5.74, 6) is -0.247. The van der Waals surface area contributed by atoms with E-state index in [4.69, 9.17) is 16.3 Å². The van der Waals surface area contributed by atoms with Crippen molar-refractivity contribution in [3.63, 3.8) is 0 Å². The highest BCUT2D eigenvalue weighted by atomic mass is 35.5. The van der Waals surface area contributed by atoms with E-state index in [1.165, 1.54) is 35.7 Å². The third-order valence-corrected chi connectivity index (χ3v) is 8.53. The monoisotopic (exact) mass is 545 g/mol. The molecule has 10 heteroatoms. The van der Waals surface area contributed by atoms with Gasteiger partial charge in [0.2, 0.25) is 15.9 Å². The summed E-state index contributed by atoms with van der Waals surface area (Å²) >= 11 is 6.20. The van der Waals surface area contributed by atoms with Crippen LogP contribution in [0.25, 0.3) is 0 Å². The van der Waals surface area contributed by atoms with Gasteiger partial charge in [-0.1, -0.05) is 54.1 Å². The molecule has 0 saturated carbocycles. The number of carbonyl (C=O) groups is 1. The minimum atomic E-state index is -4.03. The first-order valence-corrected chi connectivity index (χ1v) is 13.8. The fraction of sp³-hybridized carbons (Fsp3) is 0.296. The number of carbonyl (C=O) groups excluding carboxylic acids is 1. The predicted octanol–water partition coefficient (Wildman–Crippen LogP) is 4.07. The summed E-state index contributed by atoms with van der Waals surface area (Å²) in [6.45, 7) is 1.46. The lowest BCUT2D eigenvalue weighted by molar-refractivity contribution is -0.131. The molecule has 196 valence electrons. The van der Waals surface area contributed by atoms with Gasteiger partial charge in [0.1, 0.15) is 11.6 Å². The molecule has 7 nitrogen and oxygen atoms in total. The summed E-state index contributed by atoms with van der Waals surface area (Å²) in [6.07, 6.45) is 0.443. The number of hydrogen-bond acceptors (Lipinski definition) is 5. The third-order valence-electron chi connectivity index (χ3n) is 6.39. The maximum absolute atomic E-state index is 14.2. The van der Waals surface area contributed by atoms with E-state index in [1.807, 2.05) is 35.2 Å². The second-order valence-corrected chi connectivity index (χ2v) is 11.0. The molecule has 3 aromatic rings. The van der Waals surface area contributed by atoms with E-state index in [9.17, 15) is 17.6 Å². The molecule has 0 aromatic heterocycles. The molecule has 37 heavy (non-hydrogen) atoms. The molecule has 0 N–H and O–H groups in total. The number of sulfonamides is 1. The number of para-hydroxylation sites is 1. The van der Waals surface area contributed by atoms with Gasteiger partial charge in [-0.15, -0.1) is 0 Å². The van der Waals surface area contributed by atoms with Crippen molar-refractivity contribution in [2.75, 3.05) is 51.3 Å². The van der Waals surface area contributed by atoms with Crippen molar-refractivity contribution in [2.45, 2.75) is 11.3 Å². The number of hydrogen-bond donors (Lipinski definition) is 0. The van der Waals surface area contributed by atoms with Gasteiger partial charge in [0.15, 0.2) is 0 Å². The van der Waals surface area contributed by atoms with Gasteiger partial charge in [-0.3, -0.25) is 4.79 Å². The van der Waals surface area contributed by atoms with Crippen LogP contribution in [-0.2, 0) is 21.2 Å². The summed E-state index contributed by atoms with van der Waals surface area (Å²) in [5.41, 5.74) is 1.46. The van der Waals surface area contributed by atoms with Crippen molar-refractivity contribution < 1.29 is 22.3 Å². The molecule has 0 aliphatic carbocycles. The van der Waals surface area contributed by atoms with Crippen molar-refractivity contribution in [1.82, 2.24) is 9.21 Å². The van der Waals surface area contributed by atoms with Crippen LogP contribution < -0.4 is 9.64 Å². The summed E-state index contributed by atoms with van der Waals surface area (Å²) < 4.78 is 47.7. The number of ether oxygens (including phenoxy) is 1. The molecule has 4 rings (SSSR count). The Morgan fingerprint density at radius 1 is 1.00 bits per heavy atom. The predicted molar refractivity (Wildman–Crippen MR) is 142 cm³/mol. The van der Waals surface area contributed by atoms with E-state index < -0.39 is 10.0 Å².